The van der Waals surface area contributed by atoms with Gasteiger partial charge in [-0.3, -0.25) is 4.79 Å². The van der Waals surface area contributed by atoms with Crippen molar-refractivity contribution in [1.82, 2.24) is 15.0 Å². The molecule has 0 radical (unpaired) electrons. The highest BCUT2D eigenvalue weighted by Gasteiger charge is 2.47. The van der Waals surface area contributed by atoms with Gasteiger partial charge in [0, 0.05) is 17.8 Å². The van der Waals surface area contributed by atoms with Crippen molar-refractivity contribution in [2.75, 3.05) is 5.32 Å². The number of pyridine rings is 1. The lowest BCUT2D eigenvalue weighted by Crippen LogP contribution is -2.41. The Balaban J connectivity index is 1.57. The van der Waals surface area contributed by atoms with E-state index in [9.17, 15) is 9.18 Å². The number of amides is 1. The molecule has 1 aromatic carbocycles. The van der Waals surface area contributed by atoms with Crippen LogP contribution in [0.15, 0.2) is 47.1 Å². The van der Waals surface area contributed by atoms with E-state index in [2.05, 4.69) is 48.4 Å². The van der Waals surface area contributed by atoms with Gasteiger partial charge >= 0.3 is 0 Å². The molecule has 5 rings (SSSR count). The molecule has 2 aliphatic rings. The van der Waals surface area contributed by atoms with Crippen molar-refractivity contribution in [3.8, 4) is 11.4 Å². The Morgan fingerprint density at radius 1 is 1.32 bits per heavy atom. The molecule has 1 saturated carbocycles. The molecular weight excluding hydrogens is 425 g/mol. The Morgan fingerprint density at radius 2 is 2.14 bits per heavy atom. The van der Waals surface area contributed by atoms with Gasteiger partial charge in [-0.2, -0.15) is 0 Å². The van der Waals surface area contributed by atoms with E-state index in [0.29, 0.717) is 22.6 Å². The number of anilines is 1. The Bertz CT molecular complexity index is 1130. The lowest BCUT2D eigenvalue weighted by atomic mass is 9.88. The molecule has 2 aromatic heterocycles. The smallest absolute Gasteiger partial charge is 0.223 e. The van der Waals surface area contributed by atoms with Crippen LogP contribution in [0.3, 0.4) is 0 Å². The number of nitrogens with two attached hydrogens (primary N) is 1. The Morgan fingerprint density at radius 3 is 2.93 bits per heavy atom. The second kappa shape index (κ2) is 6.41. The summed E-state index contributed by atoms with van der Waals surface area (Å²) in [5.41, 5.74) is 8.30. The number of fused-ring (bicyclic) bond motifs is 3. The Labute approximate surface area is 168 Å². The van der Waals surface area contributed by atoms with Crippen LogP contribution in [-0.4, -0.2) is 26.9 Å². The van der Waals surface area contributed by atoms with E-state index < -0.39 is 0 Å². The molecule has 28 heavy (non-hydrogen) atoms. The minimum Gasteiger partial charge on any atom is -0.378 e. The van der Waals surface area contributed by atoms with E-state index in [1.165, 1.54) is 12.1 Å². The number of carbonyl (C=O) groups is 1. The topological polar surface area (TPSA) is 96.7 Å². The fourth-order valence-electron chi connectivity index (χ4n) is 4.42. The van der Waals surface area contributed by atoms with Gasteiger partial charge in [0.2, 0.25) is 5.91 Å². The minimum absolute atomic E-state index is 0.0877. The van der Waals surface area contributed by atoms with Crippen LogP contribution < -0.4 is 11.1 Å². The molecule has 1 amide bonds. The normalized spacial score (nSPS) is 25.5. The van der Waals surface area contributed by atoms with Gasteiger partial charge in [-0.1, -0.05) is 24.3 Å². The predicted octanol–water partition coefficient (Wildman–Crippen LogP) is 3.61. The zero-order valence-corrected chi connectivity index (χ0v) is 16.3. The van der Waals surface area contributed by atoms with Crippen LogP contribution in [0.4, 0.5) is 10.1 Å². The van der Waals surface area contributed by atoms with Crippen LogP contribution in [-0.2, 0) is 4.79 Å². The number of hydrogen-bond donors (Lipinski definition) is 3. The lowest BCUT2D eigenvalue weighted by molar-refractivity contribution is -0.122. The fourth-order valence-corrected chi connectivity index (χ4v) is 4.84. The largest absolute Gasteiger partial charge is 0.378 e. The number of allylic oxidation sites excluding steroid dienone is 1. The molecule has 2 bridgehead atoms. The van der Waals surface area contributed by atoms with Gasteiger partial charge in [-0.15, -0.1) is 0 Å². The van der Waals surface area contributed by atoms with E-state index in [1.54, 1.807) is 18.3 Å². The number of primary amides is 1. The summed E-state index contributed by atoms with van der Waals surface area (Å²) in [4.78, 5) is 24.1. The monoisotopic (exact) mass is 441 g/mol. The second-order valence-electron chi connectivity index (χ2n) is 7.32. The van der Waals surface area contributed by atoms with Crippen molar-refractivity contribution >= 4 is 38.7 Å². The highest BCUT2D eigenvalue weighted by molar-refractivity contribution is 9.10. The zero-order valence-electron chi connectivity index (χ0n) is 14.7. The third-order valence-electron chi connectivity index (χ3n) is 5.67. The first kappa shape index (κ1) is 17.4. The molecule has 4 atom stereocenters. The molecule has 8 heteroatoms. The number of imidazole rings is 1. The van der Waals surface area contributed by atoms with E-state index in [4.69, 9.17) is 5.73 Å². The molecule has 0 spiro atoms. The van der Waals surface area contributed by atoms with Gasteiger partial charge in [-0.05, 0) is 46.3 Å². The van der Waals surface area contributed by atoms with E-state index in [1.807, 2.05) is 0 Å². The lowest BCUT2D eigenvalue weighted by Gasteiger charge is -2.28. The number of nitrogens with zero attached hydrogens (tertiary/aromatic N) is 2. The van der Waals surface area contributed by atoms with E-state index >= 15 is 0 Å². The summed E-state index contributed by atoms with van der Waals surface area (Å²) in [6.07, 6.45) is 6.84. The van der Waals surface area contributed by atoms with Gasteiger partial charge in [0.25, 0.3) is 0 Å². The van der Waals surface area contributed by atoms with Crippen LogP contribution in [0.5, 0.6) is 0 Å². The maximum absolute atomic E-state index is 13.6. The van der Waals surface area contributed by atoms with Crippen molar-refractivity contribution in [1.29, 1.82) is 0 Å². The van der Waals surface area contributed by atoms with Crippen molar-refractivity contribution in [3.05, 3.63) is 52.9 Å². The molecule has 3 aromatic rings. The third kappa shape index (κ3) is 2.71. The first-order valence-electron chi connectivity index (χ1n) is 9.05. The highest BCUT2D eigenvalue weighted by atomic mass is 79.9. The second-order valence-corrected chi connectivity index (χ2v) is 8.18. The first-order valence-corrected chi connectivity index (χ1v) is 9.85. The Kier molecular flexibility index (Phi) is 3.97. The molecule has 0 saturated heterocycles. The maximum Gasteiger partial charge on any atom is 0.223 e. The van der Waals surface area contributed by atoms with Crippen molar-refractivity contribution in [3.63, 3.8) is 0 Å². The van der Waals surface area contributed by atoms with Gasteiger partial charge in [0.1, 0.15) is 17.2 Å². The average Bonchev–Trinajstić information content (AvgIpc) is 3.38. The summed E-state index contributed by atoms with van der Waals surface area (Å²) in [6.45, 7) is 0. The van der Waals surface area contributed by atoms with E-state index in [-0.39, 0.29) is 35.5 Å². The molecule has 6 nitrogen and oxygen atoms in total. The number of halogens is 2. The number of aromatic nitrogens is 3. The molecule has 1 fully saturated rings. The highest BCUT2D eigenvalue weighted by Crippen LogP contribution is 2.46. The number of benzene rings is 1. The molecule has 142 valence electrons. The average molecular weight is 442 g/mol. The summed E-state index contributed by atoms with van der Waals surface area (Å²) in [7, 11) is 0. The SMILES string of the molecule is NC(=O)C1C(Nc2c(Br)cnc3nc(-c4cccc(F)c4)[nH]c23)[C@H]2C=C[C@@H]1C2. The summed E-state index contributed by atoms with van der Waals surface area (Å²) in [6, 6.07) is 6.14. The fraction of sp³-hybridized carbons (Fsp3) is 0.250. The number of aromatic amines is 1. The van der Waals surface area contributed by atoms with Crippen LogP contribution in [0.2, 0.25) is 0 Å². The van der Waals surface area contributed by atoms with Crippen molar-refractivity contribution in [2.45, 2.75) is 12.5 Å². The number of H-pyrrole nitrogens is 1. The maximum atomic E-state index is 13.6. The molecule has 4 N–H and O–H groups in total. The quantitative estimate of drug-likeness (QED) is 0.538. The third-order valence-corrected chi connectivity index (χ3v) is 6.27. The van der Waals surface area contributed by atoms with Crippen LogP contribution in [0.1, 0.15) is 6.42 Å². The van der Waals surface area contributed by atoms with Crippen LogP contribution >= 0.6 is 15.9 Å². The number of carbonyl (C=O) groups excluding carboxylic acids is 1. The van der Waals surface area contributed by atoms with Crippen molar-refractivity contribution < 1.29 is 9.18 Å². The number of hydrogen-bond acceptors (Lipinski definition) is 4. The summed E-state index contributed by atoms with van der Waals surface area (Å²) < 4.78 is 14.4. The molecular formula is C20H17BrFN5O. The predicted molar refractivity (Wildman–Crippen MR) is 108 cm³/mol. The number of rotatable bonds is 4. The van der Waals surface area contributed by atoms with Gasteiger partial charge in [0.05, 0.1) is 16.1 Å². The molecule has 2 aliphatic carbocycles. The standard InChI is InChI=1S/C20H17BrFN5O/c21-13-8-24-20-17(26-19(27-20)11-2-1-3-12(22)7-11)16(13)25-15-10-5-4-9(6-10)14(15)18(23)28/h1-5,7-10,14-15H,6H2,(H2,23,28)(H2,24,25,26,27)/t9-,10+,14?,15?/m1/s1. The van der Waals surface area contributed by atoms with Gasteiger partial charge in [0.15, 0.2) is 5.65 Å². The Hall–Kier alpha value is -2.74. The first-order chi connectivity index (χ1) is 13.5. The summed E-state index contributed by atoms with van der Waals surface area (Å²) in [5.74, 6) is 0.0893. The molecule has 2 heterocycles. The van der Waals surface area contributed by atoms with Crippen LogP contribution in [0, 0.1) is 23.6 Å². The van der Waals surface area contributed by atoms with E-state index in [0.717, 1.165) is 16.6 Å². The summed E-state index contributed by atoms with van der Waals surface area (Å²) in [5, 5.41) is 3.51. The van der Waals surface area contributed by atoms with Crippen molar-refractivity contribution in [2.24, 2.45) is 23.5 Å². The van der Waals surface area contributed by atoms with Gasteiger partial charge in [-0.25, -0.2) is 14.4 Å². The zero-order chi connectivity index (χ0) is 19.4. The van der Waals surface area contributed by atoms with Gasteiger partial charge < -0.3 is 16.0 Å². The molecule has 0 aliphatic heterocycles. The number of nitrogens with one attached hydrogen (secondary N) is 2. The molecule has 2 unspecified atom stereocenters. The minimum atomic E-state index is -0.330. The summed E-state index contributed by atoms with van der Waals surface area (Å²) >= 11 is 3.54. The van der Waals surface area contributed by atoms with Crippen LogP contribution in [0.25, 0.3) is 22.6 Å².